The second-order valence-corrected chi connectivity index (χ2v) is 6.70. The van der Waals surface area contributed by atoms with Gasteiger partial charge >= 0.3 is 6.18 Å². The normalized spacial score (nSPS) is 11.6. The van der Waals surface area contributed by atoms with Crippen molar-refractivity contribution < 1.29 is 18.0 Å². The van der Waals surface area contributed by atoms with Gasteiger partial charge in [0.05, 0.1) is 22.8 Å². The van der Waals surface area contributed by atoms with Gasteiger partial charge in [0.1, 0.15) is 0 Å². The number of carbonyl (C=O) groups excluding carboxylic acids is 1. The van der Waals surface area contributed by atoms with E-state index < -0.39 is 11.7 Å². The van der Waals surface area contributed by atoms with Gasteiger partial charge in [-0.05, 0) is 43.2 Å². The Morgan fingerprint density at radius 1 is 1.03 bits per heavy atom. The van der Waals surface area contributed by atoms with Gasteiger partial charge in [-0.2, -0.15) is 13.2 Å². The number of nitrogens with one attached hydrogen (secondary N) is 1. The van der Waals surface area contributed by atoms with Crippen molar-refractivity contribution in [1.29, 1.82) is 0 Å². The number of nitrogens with zero attached hydrogens (tertiary/aromatic N) is 2. The van der Waals surface area contributed by atoms with Crippen LogP contribution in [0.15, 0.2) is 59.7 Å². The molecule has 29 heavy (non-hydrogen) atoms. The van der Waals surface area contributed by atoms with E-state index in [2.05, 4.69) is 10.3 Å². The number of alkyl halides is 3. The Morgan fingerprint density at radius 2 is 1.83 bits per heavy atom. The van der Waals surface area contributed by atoms with Crippen molar-refractivity contribution in [2.45, 2.75) is 38.4 Å². The molecule has 0 aliphatic rings. The number of amides is 1. The van der Waals surface area contributed by atoms with Crippen LogP contribution >= 0.6 is 0 Å². The average Bonchev–Trinajstić information content (AvgIpc) is 2.69. The lowest BCUT2D eigenvalue weighted by Crippen LogP contribution is -2.20. The van der Waals surface area contributed by atoms with Gasteiger partial charge in [-0.1, -0.05) is 24.6 Å². The summed E-state index contributed by atoms with van der Waals surface area (Å²) in [7, 11) is 0. The van der Waals surface area contributed by atoms with Crippen molar-refractivity contribution in [3.63, 3.8) is 0 Å². The third-order valence-electron chi connectivity index (χ3n) is 4.51. The molecule has 1 heterocycles. The lowest BCUT2D eigenvalue weighted by atomic mass is 10.1. The number of anilines is 1. The first-order valence-electron chi connectivity index (χ1n) is 9.26. The zero-order valence-corrected chi connectivity index (χ0v) is 15.6. The predicted molar refractivity (Wildman–Crippen MR) is 105 cm³/mol. The molecule has 1 N–H and O–H groups in total. The van der Waals surface area contributed by atoms with Gasteiger partial charge in [0.15, 0.2) is 0 Å². The van der Waals surface area contributed by atoms with Crippen LogP contribution in [-0.2, 0) is 17.5 Å². The van der Waals surface area contributed by atoms with E-state index in [1.165, 1.54) is 18.5 Å². The van der Waals surface area contributed by atoms with E-state index in [1.54, 1.807) is 22.8 Å². The minimum Gasteiger partial charge on any atom is -0.326 e. The molecular weight excluding hydrogens is 383 g/mol. The summed E-state index contributed by atoms with van der Waals surface area (Å²) in [5.41, 5.74) is -0.124. The van der Waals surface area contributed by atoms with Crippen LogP contribution in [0, 0.1) is 0 Å². The molecule has 2 aromatic carbocycles. The molecule has 0 atom stereocenters. The summed E-state index contributed by atoms with van der Waals surface area (Å²) in [4.78, 5) is 28.6. The lowest BCUT2D eigenvalue weighted by Gasteiger charge is -2.10. The molecular formula is C21H20F3N3O2. The number of halogens is 3. The highest BCUT2D eigenvalue weighted by molar-refractivity contribution is 5.90. The minimum absolute atomic E-state index is 0.0992. The van der Waals surface area contributed by atoms with E-state index in [1.807, 2.05) is 6.07 Å². The van der Waals surface area contributed by atoms with Crippen LogP contribution in [0.2, 0.25) is 0 Å². The Balaban J connectivity index is 1.45. The number of hydrogen-bond donors (Lipinski definition) is 1. The van der Waals surface area contributed by atoms with Gasteiger partial charge in [0, 0.05) is 18.7 Å². The number of benzene rings is 2. The van der Waals surface area contributed by atoms with Crippen molar-refractivity contribution >= 4 is 22.5 Å². The number of carbonyl (C=O) groups is 1. The van der Waals surface area contributed by atoms with Crippen LogP contribution in [0.5, 0.6) is 0 Å². The Hall–Kier alpha value is -3.16. The molecule has 0 spiro atoms. The molecule has 0 unspecified atom stereocenters. The lowest BCUT2D eigenvalue weighted by molar-refractivity contribution is -0.137. The molecule has 3 aromatic rings. The van der Waals surface area contributed by atoms with Crippen molar-refractivity contribution in [2.24, 2.45) is 0 Å². The fourth-order valence-electron chi connectivity index (χ4n) is 3.01. The van der Waals surface area contributed by atoms with Crippen molar-refractivity contribution in [2.75, 3.05) is 5.32 Å². The zero-order valence-electron chi connectivity index (χ0n) is 15.6. The van der Waals surface area contributed by atoms with Crippen LogP contribution in [0.4, 0.5) is 18.9 Å². The standard InChI is InChI=1S/C21H20F3N3O2/c22-21(23,24)15-7-6-8-16(13-15)26-19(28)11-2-1-5-12-27-14-25-18-10-4-3-9-17(18)20(27)29/h3-4,6-10,13-14H,1-2,5,11-12H2,(H,26,28). The third-order valence-corrected chi connectivity index (χ3v) is 4.51. The molecule has 0 aliphatic heterocycles. The van der Waals surface area contributed by atoms with Gasteiger partial charge in [-0.15, -0.1) is 0 Å². The quantitative estimate of drug-likeness (QED) is 0.586. The van der Waals surface area contributed by atoms with Gasteiger partial charge in [-0.25, -0.2) is 4.98 Å². The molecule has 1 aromatic heterocycles. The zero-order chi connectivity index (χ0) is 20.9. The summed E-state index contributed by atoms with van der Waals surface area (Å²) in [6.07, 6.45) is -0.769. The molecule has 0 radical (unpaired) electrons. The predicted octanol–water partition coefficient (Wildman–Crippen LogP) is 4.61. The molecule has 0 bridgehead atoms. The van der Waals surface area contributed by atoms with Gasteiger partial charge in [0.2, 0.25) is 5.91 Å². The summed E-state index contributed by atoms with van der Waals surface area (Å²) < 4.78 is 39.7. The molecule has 5 nitrogen and oxygen atoms in total. The Bertz CT molecular complexity index is 1060. The summed E-state index contributed by atoms with van der Waals surface area (Å²) in [6.45, 7) is 0.492. The maximum atomic E-state index is 12.7. The number of hydrogen-bond acceptors (Lipinski definition) is 3. The molecule has 0 saturated carbocycles. The van der Waals surface area contributed by atoms with E-state index in [0.29, 0.717) is 36.7 Å². The average molecular weight is 403 g/mol. The Labute approximate surface area is 165 Å². The van der Waals surface area contributed by atoms with Crippen LogP contribution in [0.1, 0.15) is 31.2 Å². The van der Waals surface area contributed by atoms with Crippen molar-refractivity contribution in [3.8, 4) is 0 Å². The maximum Gasteiger partial charge on any atom is 0.416 e. The smallest absolute Gasteiger partial charge is 0.326 e. The third kappa shape index (κ3) is 5.43. The molecule has 152 valence electrons. The number of para-hydroxylation sites is 1. The SMILES string of the molecule is O=C(CCCCCn1cnc2ccccc2c1=O)Nc1cccc(C(F)(F)F)c1. The highest BCUT2D eigenvalue weighted by atomic mass is 19.4. The van der Waals surface area contributed by atoms with Crippen LogP contribution in [-0.4, -0.2) is 15.5 Å². The fraction of sp³-hybridized carbons (Fsp3) is 0.286. The van der Waals surface area contributed by atoms with E-state index in [4.69, 9.17) is 0 Å². The van der Waals surface area contributed by atoms with Crippen LogP contribution in [0.25, 0.3) is 10.9 Å². The first-order chi connectivity index (χ1) is 13.8. The molecule has 1 amide bonds. The number of rotatable bonds is 7. The van der Waals surface area contributed by atoms with Crippen LogP contribution in [0.3, 0.4) is 0 Å². The molecule has 8 heteroatoms. The largest absolute Gasteiger partial charge is 0.416 e. The number of fused-ring (bicyclic) bond motifs is 1. The van der Waals surface area contributed by atoms with Crippen molar-refractivity contribution in [1.82, 2.24) is 9.55 Å². The highest BCUT2D eigenvalue weighted by Crippen LogP contribution is 2.30. The van der Waals surface area contributed by atoms with Gasteiger partial charge in [-0.3, -0.25) is 14.2 Å². The molecule has 0 aliphatic carbocycles. The highest BCUT2D eigenvalue weighted by Gasteiger charge is 2.30. The Kier molecular flexibility index (Phi) is 6.31. The van der Waals surface area contributed by atoms with E-state index in [-0.39, 0.29) is 23.6 Å². The maximum absolute atomic E-state index is 12.7. The minimum atomic E-state index is -4.45. The fourth-order valence-corrected chi connectivity index (χ4v) is 3.01. The Morgan fingerprint density at radius 3 is 2.62 bits per heavy atom. The van der Waals surface area contributed by atoms with Crippen molar-refractivity contribution in [3.05, 3.63) is 70.8 Å². The van der Waals surface area contributed by atoms with Crippen LogP contribution < -0.4 is 10.9 Å². The summed E-state index contributed by atoms with van der Waals surface area (Å²) in [5, 5.41) is 3.05. The summed E-state index contributed by atoms with van der Waals surface area (Å²) >= 11 is 0. The number of aromatic nitrogens is 2. The van der Waals surface area contributed by atoms with Gasteiger partial charge in [0.25, 0.3) is 5.56 Å². The summed E-state index contributed by atoms with van der Waals surface area (Å²) in [5.74, 6) is -0.339. The van der Waals surface area contributed by atoms with E-state index >= 15 is 0 Å². The first-order valence-corrected chi connectivity index (χ1v) is 9.26. The van der Waals surface area contributed by atoms with E-state index in [0.717, 1.165) is 12.1 Å². The second kappa shape index (κ2) is 8.89. The van der Waals surface area contributed by atoms with E-state index in [9.17, 15) is 22.8 Å². The topological polar surface area (TPSA) is 64.0 Å². The molecule has 0 fully saturated rings. The second-order valence-electron chi connectivity index (χ2n) is 6.70. The first kappa shape index (κ1) is 20.6. The number of unbranched alkanes of at least 4 members (excludes halogenated alkanes) is 2. The monoisotopic (exact) mass is 403 g/mol. The van der Waals surface area contributed by atoms with Gasteiger partial charge < -0.3 is 5.32 Å². The number of aryl methyl sites for hydroxylation is 1. The molecule has 0 saturated heterocycles. The summed E-state index contributed by atoms with van der Waals surface area (Å²) in [6, 6.07) is 11.7. The molecule has 3 rings (SSSR count).